The molecule has 0 aliphatic heterocycles. The van der Waals surface area contributed by atoms with Gasteiger partial charge < -0.3 is 5.11 Å². The van der Waals surface area contributed by atoms with Crippen LogP contribution in [0, 0.1) is 0 Å². The molecule has 0 atom stereocenters. The zero-order valence-electron chi connectivity index (χ0n) is 15.5. The van der Waals surface area contributed by atoms with E-state index in [-0.39, 0.29) is 11.3 Å². The fourth-order valence-corrected chi connectivity index (χ4v) is 4.42. The van der Waals surface area contributed by atoms with Crippen molar-refractivity contribution in [2.45, 2.75) is 0 Å². The van der Waals surface area contributed by atoms with Crippen molar-refractivity contribution in [1.29, 1.82) is 0 Å². The van der Waals surface area contributed by atoms with Gasteiger partial charge in [-0.25, -0.2) is 4.98 Å². The Morgan fingerprint density at radius 3 is 2.70 bits per heavy atom. The fourth-order valence-electron chi connectivity index (χ4n) is 3.39. The number of aromatic hydroxyl groups is 1. The molecule has 2 heterocycles. The van der Waals surface area contributed by atoms with Crippen molar-refractivity contribution in [2.24, 2.45) is 5.10 Å². The molecule has 2 aromatic heterocycles. The summed E-state index contributed by atoms with van der Waals surface area (Å²) in [7, 11) is 0. The molecule has 1 N–H and O–H groups in total. The molecule has 0 aliphatic carbocycles. The molecule has 0 spiro atoms. The Labute approximate surface area is 180 Å². The Balaban J connectivity index is 1.64. The van der Waals surface area contributed by atoms with E-state index in [1.54, 1.807) is 18.2 Å². The number of nitrogens with zero attached hydrogens (tertiary/aromatic N) is 3. The Morgan fingerprint density at radius 2 is 1.87 bits per heavy atom. The Hall–Kier alpha value is -3.48. The molecule has 5 rings (SSSR count). The van der Waals surface area contributed by atoms with Gasteiger partial charge in [-0.1, -0.05) is 54.1 Å². The summed E-state index contributed by atoms with van der Waals surface area (Å²) in [6, 6.07) is 18.5. The second-order valence-corrected chi connectivity index (χ2v) is 7.99. The summed E-state index contributed by atoms with van der Waals surface area (Å²) in [5.74, 6) is 0.0944. The van der Waals surface area contributed by atoms with Crippen molar-refractivity contribution in [3.8, 4) is 16.9 Å². The first-order valence-corrected chi connectivity index (χ1v) is 10.4. The van der Waals surface area contributed by atoms with Crippen molar-refractivity contribution in [3.63, 3.8) is 0 Å². The first-order chi connectivity index (χ1) is 14.6. The minimum absolute atomic E-state index is 0.0944. The first kappa shape index (κ1) is 18.5. The summed E-state index contributed by atoms with van der Waals surface area (Å²) in [6.45, 7) is 0. The molecule has 0 aliphatic rings. The fraction of sp³-hybridized carbons (Fsp3) is 0. The van der Waals surface area contributed by atoms with Crippen LogP contribution in [0.15, 0.2) is 82.3 Å². The number of benzene rings is 3. The zero-order valence-corrected chi connectivity index (χ0v) is 17.1. The lowest BCUT2D eigenvalue weighted by atomic mass is 10.0. The highest BCUT2D eigenvalue weighted by molar-refractivity contribution is 7.17. The Morgan fingerprint density at radius 1 is 1.07 bits per heavy atom. The molecule has 5 aromatic rings. The van der Waals surface area contributed by atoms with Gasteiger partial charge in [-0.05, 0) is 34.5 Å². The maximum absolute atomic E-state index is 13.1. The second-order valence-electron chi connectivity index (χ2n) is 6.69. The zero-order chi connectivity index (χ0) is 20.7. The van der Waals surface area contributed by atoms with Gasteiger partial charge in [0.1, 0.15) is 16.9 Å². The summed E-state index contributed by atoms with van der Waals surface area (Å²) < 4.78 is 1.19. The molecule has 7 heteroatoms. The van der Waals surface area contributed by atoms with Crippen LogP contribution in [-0.2, 0) is 0 Å². The molecule has 5 nitrogen and oxygen atoms in total. The molecule has 30 heavy (non-hydrogen) atoms. The lowest BCUT2D eigenvalue weighted by molar-refractivity contribution is 0.475. The number of hydrogen-bond donors (Lipinski definition) is 1. The van der Waals surface area contributed by atoms with E-state index in [9.17, 15) is 9.90 Å². The lowest BCUT2D eigenvalue weighted by Crippen LogP contribution is -2.16. The summed E-state index contributed by atoms with van der Waals surface area (Å²) in [4.78, 5) is 18.2. The third-order valence-electron chi connectivity index (χ3n) is 4.89. The van der Waals surface area contributed by atoms with Gasteiger partial charge >= 0.3 is 0 Å². The van der Waals surface area contributed by atoms with Crippen LogP contribution in [0.2, 0.25) is 5.02 Å². The Kier molecular flexibility index (Phi) is 4.58. The topological polar surface area (TPSA) is 67.5 Å². The van der Waals surface area contributed by atoms with E-state index in [2.05, 4.69) is 10.1 Å². The average Bonchev–Trinajstić information content (AvgIpc) is 3.20. The maximum Gasteiger partial charge on any atom is 0.283 e. The predicted octanol–water partition coefficient (Wildman–Crippen LogP) is 5.52. The molecule has 0 saturated heterocycles. The molecule has 0 radical (unpaired) electrons. The number of phenolic OH excluding ortho intramolecular Hbond substituents is 1. The number of phenols is 1. The standard InChI is InChI=1S/C23H14ClN3O2S/c24-16-8-5-15(6-9-16)19-12-30-22-21(19)23(29)27(13-25-22)26-11-18-17-4-2-1-3-14(17)7-10-20(18)28/h1-13,28H/b26-11+. The van der Waals surface area contributed by atoms with Crippen molar-refractivity contribution in [1.82, 2.24) is 9.66 Å². The normalized spacial score (nSPS) is 11.6. The van der Waals surface area contributed by atoms with E-state index < -0.39 is 0 Å². The molecule has 146 valence electrons. The van der Waals surface area contributed by atoms with E-state index in [1.807, 2.05) is 47.8 Å². The minimum Gasteiger partial charge on any atom is -0.507 e. The highest BCUT2D eigenvalue weighted by atomic mass is 35.5. The molecule has 0 fully saturated rings. The van der Waals surface area contributed by atoms with Gasteiger partial charge in [0.15, 0.2) is 0 Å². The lowest BCUT2D eigenvalue weighted by Gasteiger charge is -2.05. The van der Waals surface area contributed by atoms with Gasteiger partial charge in [0.2, 0.25) is 0 Å². The van der Waals surface area contributed by atoms with Crippen LogP contribution in [0.4, 0.5) is 0 Å². The van der Waals surface area contributed by atoms with Crippen molar-refractivity contribution >= 4 is 50.1 Å². The van der Waals surface area contributed by atoms with E-state index in [4.69, 9.17) is 11.6 Å². The van der Waals surface area contributed by atoms with Crippen molar-refractivity contribution in [2.75, 3.05) is 0 Å². The highest BCUT2D eigenvalue weighted by Gasteiger charge is 2.13. The third kappa shape index (κ3) is 3.16. The number of halogens is 1. The van der Waals surface area contributed by atoms with E-state index in [0.29, 0.717) is 20.8 Å². The van der Waals surface area contributed by atoms with Crippen molar-refractivity contribution < 1.29 is 5.11 Å². The second kappa shape index (κ2) is 7.40. The van der Waals surface area contributed by atoms with E-state index >= 15 is 0 Å². The summed E-state index contributed by atoms with van der Waals surface area (Å²) in [5, 5.41) is 19.5. The van der Waals surface area contributed by atoms with Gasteiger partial charge in [-0.2, -0.15) is 9.78 Å². The number of thiophene rings is 1. The quantitative estimate of drug-likeness (QED) is 0.382. The van der Waals surface area contributed by atoms with Gasteiger partial charge in [0, 0.05) is 21.5 Å². The maximum atomic E-state index is 13.1. The van der Waals surface area contributed by atoms with Gasteiger partial charge in [0.05, 0.1) is 11.6 Å². The van der Waals surface area contributed by atoms with Gasteiger partial charge in [0.25, 0.3) is 5.56 Å². The molecular weight excluding hydrogens is 418 g/mol. The smallest absolute Gasteiger partial charge is 0.283 e. The first-order valence-electron chi connectivity index (χ1n) is 9.12. The van der Waals surface area contributed by atoms with E-state index in [0.717, 1.165) is 21.9 Å². The third-order valence-corrected chi connectivity index (χ3v) is 6.03. The van der Waals surface area contributed by atoms with Crippen LogP contribution in [0.3, 0.4) is 0 Å². The Bertz CT molecular complexity index is 1490. The average molecular weight is 432 g/mol. The minimum atomic E-state index is -0.276. The number of aromatic nitrogens is 2. The molecule has 0 saturated carbocycles. The molecule has 0 bridgehead atoms. The SMILES string of the molecule is O=c1c2c(-c3ccc(Cl)cc3)csc2ncn1/N=C/c1c(O)ccc2ccccc12. The highest BCUT2D eigenvalue weighted by Crippen LogP contribution is 2.31. The van der Waals surface area contributed by atoms with Gasteiger partial charge in [-0.3, -0.25) is 4.79 Å². The largest absolute Gasteiger partial charge is 0.507 e. The summed E-state index contributed by atoms with van der Waals surface area (Å²) >= 11 is 7.39. The summed E-state index contributed by atoms with van der Waals surface area (Å²) in [6.07, 6.45) is 2.88. The molecule has 0 unspecified atom stereocenters. The van der Waals surface area contributed by atoms with Crippen LogP contribution in [-0.4, -0.2) is 21.0 Å². The monoisotopic (exact) mass is 431 g/mol. The van der Waals surface area contributed by atoms with Crippen LogP contribution < -0.4 is 5.56 Å². The van der Waals surface area contributed by atoms with Gasteiger partial charge in [-0.15, -0.1) is 11.3 Å². The van der Waals surface area contributed by atoms with Crippen LogP contribution in [0.25, 0.3) is 32.1 Å². The molecule has 3 aromatic carbocycles. The van der Waals surface area contributed by atoms with Crippen molar-refractivity contribution in [3.05, 3.63) is 93.3 Å². The number of hydrogen-bond acceptors (Lipinski definition) is 5. The van der Waals surface area contributed by atoms with E-state index in [1.165, 1.54) is 28.6 Å². The predicted molar refractivity (Wildman–Crippen MR) is 123 cm³/mol. The summed E-state index contributed by atoms with van der Waals surface area (Å²) in [5.41, 5.74) is 1.95. The van der Waals surface area contributed by atoms with Crippen LogP contribution in [0.1, 0.15) is 5.56 Å². The van der Waals surface area contributed by atoms with Crippen LogP contribution >= 0.6 is 22.9 Å². The number of fused-ring (bicyclic) bond motifs is 2. The molecule has 0 amide bonds. The number of rotatable bonds is 3. The molecular formula is C23H14ClN3O2S. The van der Waals surface area contributed by atoms with Crippen LogP contribution in [0.5, 0.6) is 5.75 Å².